The second kappa shape index (κ2) is 7.77. The zero-order chi connectivity index (χ0) is 19.5. The Balaban J connectivity index is 1.43. The molecule has 28 heavy (non-hydrogen) atoms. The summed E-state index contributed by atoms with van der Waals surface area (Å²) in [5.74, 6) is 0.337. The second-order valence-electron chi connectivity index (χ2n) is 6.14. The van der Waals surface area contributed by atoms with Crippen LogP contribution in [0.3, 0.4) is 0 Å². The molecule has 0 atom stereocenters. The van der Waals surface area contributed by atoms with Gasteiger partial charge in [-0.05, 0) is 23.9 Å². The summed E-state index contributed by atoms with van der Waals surface area (Å²) in [7, 11) is 0. The summed E-state index contributed by atoms with van der Waals surface area (Å²) in [5, 5.41) is 1.78. The van der Waals surface area contributed by atoms with Crippen molar-refractivity contribution in [1.29, 1.82) is 0 Å². The van der Waals surface area contributed by atoms with Crippen LogP contribution in [0.1, 0.15) is 16.2 Å². The van der Waals surface area contributed by atoms with E-state index in [0.717, 1.165) is 11.8 Å². The molecule has 2 fully saturated rings. The van der Waals surface area contributed by atoms with E-state index < -0.39 is 11.1 Å². The van der Waals surface area contributed by atoms with Gasteiger partial charge in [0.25, 0.3) is 17.1 Å². The molecule has 1 N–H and O–H groups in total. The van der Waals surface area contributed by atoms with E-state index in [1.807, 2.05) is 35.2 Å². The van der Waals surface area contributed by atoms with Gasteiger partial charge in [-0.15, -0.1) is 0 Å². The van der Waals surface area contributed by atoms with Gasteiger partial charge >= 0.3 is 0 Å². The number of carbonyl (C=O) groups excluding carboxylic acids is 3. The van der Waals surface area contributed by atoms with Gasteiger partial charge in [0.05, 0.1) is 4.91 Å². The molecular weight excluding hydrogens is 380 g/mol. The number of amides is 3. The highest BCUT2D eigenvalue weighted by Crippen LogP contribution is 2.24. The van der Waals surface area contributed by atoms with Gasteiger partial charge < -0.3 is 9.80 Å². The quantitative estimate of drug-likeness (QED) is 0.770. The molecule has 142 valence electrons. The van der Waals surface area contributed by atoms with E-state index >= 15 is 0 Å². The molecule has 10 heteroatoms. The minimum atomic E-state index is -0.454. The fraction of sp³-hybridized carbons (Fsp3) is 0.222. The Morgan fingerprint density at radius 2 is 1.82 bits per heavy atom. The van der Waals surface area contributed by atoms with Crippen molar-refractivity contribution >= 4 is 40.8 Å². The Morgan fingerprint density at radius 1 is 1.07 bits per heavy atom. The number of thioether (sulfide) groups is 1. The molecule has 1 aromatic carbocycles. The minimum Gasteiger partial charge on any atom is -0.337 e. The number of imide groups is 1. The van der Waals surface area contributed by atoms with Gasteiger partial charge in [-0.3, -0.25) is 19.7 Å². The van der Waals surface area contributed by atoms with Crippen molar-refractivity contribution in [3.05, 3.63) is 53.0 Å². The molecule has 1 aromatic heterocycles. The number of rotatable bonds is 3. The van der Waals surface area contributed by atoms with Crippen LogP contribution in [0.5, 0.6) is 0 Å². The van der Waals surface area contributed by atoms with Crippen LogP contribution in [-0.2, 0) is 4.79 Å². The maximum Gasteiger partial charge on any atom is 0.290 e. The summed E-state index contributed by atoms with van der Waals surface area (Å²) in [6, 6.07) is 9.19. The van der Waals surface area contributed by atoms with E-state index in [-0.39, 0.29) is 10.8 Å². The predicted octanol–water partition coefficient (Wildman–Crippen LogP) is 1.16. The number of anilines is 1. The van der Waals surface area contributed by atoms with Crippen molar-refractivity contribution in [2.24, 2.45) is 0 Å². The molecule has 4 rings (SSSR count). The molecule has 2 aromatic rings. The monoisotopic (exact) mass is 396 g/mol. The molecule has 0 bridgehead atoms. The van der Waals surface area contributed by atoms with Crippen molar-refractivity contribution in [2.75, 3.05) is 31.1 Å². The Bertz CT molecular complexity index is 957. The summed E-state index contributed by atoms with van der Waals surface area (Å²) >= 11 is 0.815. The predicted molar refractivity (Wildman–Crippen MR) is 103 cm³/mol. The summed E-state index contributed by atoms with van der Waals surface area (Å²) < 4.78 is 0. The molecule has 2 saturated heterocycles. The van der Waals surface area contributed by atoms with Crippen LogP contribution >= 0.6 is 11.8 Å². The van der Waals surface area contributed by atoms with E-state index in [4.69, 9.17) is 0 Å². The van der Waals surface area contributed by atoms with E-state index in [0.29, 0.717) is 43.5 Å². The summed E-state index contributed by atoms with van der Waals surface area (Å²) in [4.78, 5) is 52.1. The molecule has 0 aliphatic carbocycles. The second-order valence-corrected chi connectivity index (χ2v) is 7.16. The average molecular weight is 396 g/mol. The first kappa shape index (κ1) is 18.1. The van der Waals surface area contributed by atoms with Gasteiger partial charge in [0, 0.05) is 37.8 Å². The van der Waals surface area contributed by atoms with Gasteiger partial charge in [0.2, 0.25) is 5.95 Å². The minimum absolute atomic E-state index is 0.00950. The third-order valence-corrected chi connectivity index (χ3v) is 5.16. The molecule has 0 spiro atoms. The van der Waals surface area contributed by atoms with E-state index in [9.17, 15) is 14.4 Å². The van der Waals surface area contributed by atoms with Crippen molar-refractivity contribution in [3.63, 3.8) is 0 Å². The highest BCUT2D eigenvalue weighted by Gasteiger charge is 2.26. The van der Waals surface area contributed by atoms with E-state index in [1.54, 1.807) is 4.90 Å². The molecule has 0 saturated carbocycles. The zero-order valence-corrected chi connectivity index (χ0v) is 15.6. The number of hydrogen-bond acceptors (Lipinski definition) is 8. The fourth-order valence-electron chi connectivity index (χ4n) is 2.93. The van der Waals surface area contributed by atoms with Gasteiger partial charge in [-0.25, -0.2) is 9.97 Å². The highest BCUT2D eigenvalue weighted by molar-refractivity contribution is 8.18. The standard InChI is InChI=1S/C18H16N6O3S/c25-15-13(28-18(27)22-15)10-14-19-11-20-17(21-14)24-8-6-23(7-9-24)16(26)12-4-2-1-3-5-12/h1-5,10-11H,6-9H2,(H,22,25,27)/b13-10-. The lowest BCUT2D eigenvalue weighted by molar-refractivity contribution is -0.115. The maximum absolute atomic E-state index is 12.5. The molecule has 3 amide bonds. The first-order valence-corrected chi connectivity index (χ1v) is 9.45. The van der Waals surface area contributed by atoms with Crippen LogP contribution < -0.4 is 10.2 Å². The third-order valence-electron chi connectivity index (χ3n) is 4.35. The number of nitrogens with one attached hydrogen (secondary N) is 1. The number of nitrogens with zero attached hydrogens (tertiary/aromatic N) is 5. The molecule has 2 aliphatic heterocycles. The number of piperazine rings is 1. The van der Waals surface area contributed by atoms with Crippen molar-refractivity contribution in [3.8, 4) is 0 Å². The smallest absolute Gasteiger partial charge is 0.290 e. The van der Waals surface area contributed by atoms with Gasteiger partial charge in [-0.1, -0.05) is 18.2 Å². The Labute approximate surface area is 164 Å². The summed E-state index contributed by atoms with van der Waals surface area (Å²) in [6.07, 6.45) is 2.83. The van der Waals surface area contributed by atoms with Gasteiger partial charge in [0.15, 0.2) is 5.82 Å². The lowest BCUT2D eigenvalue weighted by Gasteiger charge is -2.34. The van der Waals surface area contributed by atoms with Crippen LogP contribution in [-0.4, -0.2) is 63.1 Å². The molecule has 0 unspecified atom stereocenters. The van der Waals surface area contributed by atoms with Crippen LogP contribution in [0.4, 0.5) is 10.7 Å². The topological polar surface area (TPSA) is 108 Å². The zero-order valence-electron chi connectivity index (χ0n) is 14.7. The number of aromatic nitrogens is 3. The van der Waals surface area contributed by atoms with Crippen molar-refractivity contribution in [1.82, 2.24) is 25.2 Å². The summed E-state index contributed by atoms with van der Waals surface area (Å²) in [5.41, 5.74) is 0.673. The first-order valence-electron chi connectivity index (χ1n) is 8.63. The average Bonchev–Trinajstić information content (AvgIpc) is 3.05. The number of carbonyl (C=O) groups is 3. The van der Waals surface area contributed by atoms with Crippen LogP contribution in [0.2, 0.25) is 0 Å². The summed E-state index contributed by atoms with van der Waals surface area (Å²) in [6.45, 7) is 2.30. The number of benzene rings is 1. The Hall–Kier alpha value is -3.27. The van der Waals surface area contributed by atoms with Crippen molar-refractivity contribution in [2.45, 2.75) is 0 Å². The third kappa shape index (κ3) is 3.86. The van der Waals surface area contributed by atoms with E-state index in [2.05, 4.69) is 20.3 Å². The first-order chi connectivity index (χ1) is 13.6. The van der Waals surface area contributed by atoms with Crippen LogP contribution in [0, 0.1) is 0 Å². The molecular formula is C18H16N6O3S. The maximum atomic E-state index is 12.5. The van der Waals surface area contributed by atoms with Gasteiger partial charge in [0.1, 0.15) is 6.33 Å². The van der Waals surface area contributed by atoms with E-state index in [1.165, 1.54) is 12.4 Å². The number of hydrogen-bond donors (Lipinski definition) is 1. The molecule has 3 heterocycles. The lowest BCUT2D eigenvalue weighted by Crippen LogP contribution is -2.49. The van der Waals surface area contributed by atoms with Crippen molar-refractivity contribution < 1.29 is 14.4 Å². The largest absolute Gasteiger partial charge is 0.337 e. The Morgan fingerprint density at radius 3 is 2.50 bits per heavy atom. The molecule has 2 aliphatic rings. The SMILES string of the molecule is O=C1NC(=O)/C(=C/c2ncnc(N3CCN(C(=O)c4ccccc4)CC3)n2)S1. The molecule has 0 radical (unpaired) electrons. The highest BCUT2D eigenvalue weighted by atomic mass is 32.2. The normalized spacial score (nSPS) is 18.5. The van der Waals surface area contributed by atoms with Gasteiger partial charge in [-0.2, -0.15) is 4.98 Å². The molecule has 9 nitrogen and oxygen atoms in total. The van der Waals surface area contributed by atoms with Crippen LogP contribution in [0.25, 0.3) is 6.08 Å². The lowest BCUT2D eigenvalue weighted by atomic mass is 10.2. The van der Waals surface area contributed by atoms with Crippen LogP contribution in [0.15, 0.2) is 41.6 Å². The fourth-order valence-corrected chi connectivity index (χ4v) is 3.58. The Kier molecular flexibility index (Phi) is 5.02.